The van der Waals surface area contributed by atoms with Crippen molar-refractivity contribution in [2.45, 2.75) is 77.0 Å². The topological polar surface area (TPSA) is 27.7 Å². The summed E-state index contributed by atoms with van der Waals surface area (Å²) >= 11 is 1.64. The molecule has 0 aromatic carbocycles. The summed E-state index contributed by atoms with van der Waals surface area (Å²) in [5.74, 6) is 1.85. The van der Waals surface area contributed by atoms with Crippen molar-refractivity contribution in [3.05, 3.63) is 10.8 Å². The molecule has 0 amide bonds. The number of unbranched alkanes of at least 4 members (excludes halogenated alkanes) is 3. The van der Waals surface area contributed by atoms with Crippen molar-refractivity contribution in [1.82, 2.24) is 0 Å². The molecule has 23 heavy (non-hydrogen) atoms. The number of hydrogen-bond acceptors (Lipinski definition) is 4. The predicted molar refractivity (Wildman–Crippen MR) is 104 cm³/mol. The molecule has 0 saturated carbocycles. The molecule has 1 aliphatic heterocycles. The van der Waals surface area contributed by atoms with Gasteiger partial charge in [0, 0.05) is 10.8 Å². The fraction of sp³-hybridized carbons (Fsp3) is 0.765. The maximum absolute atomic E-state index is 6.39. The van der Waals surface area contributed by atoms with Crippen LogP contribution in [0.1, 0.15) is 32.1 Å². The maximum Gasteiger partial charge on any atom is 0.173 e. The molecule has 2 rings (SSSR count). The van der Waals surface area contributed by atoms with Crippen LogP contribution in [0, 0.1) is 0 Å². The highest BCUT2D eigenvalue weighted by molar-refractivity contribution is 7.08. The minimum Gasteiger partial charge on any atom is -0.485 e. The molecule has 1 aromatic heterocycles. The fourth-order valence-corrected chi connectivity index (χ4v) is 12.0. The predicted octanol–water partition coefficient (Wildman–Crippen LogP) is 5.90. The van der Waals surface area contributed by atoms with Gasteiger partial charge in [-0.15, -0.1) is 11.3 Å². The summed E-state index contributed by atoms with van der Waals surface area (Å²) in [4.78, 5) is 0. The number of ether oxygens (including phenoxy) is 2. The quantitative estimate of drug-likeness (QED) is 0.399. The Bertz CT molecular complexity index is 482. The number of rotatable bonds is 9. The standard InChI is InChI=1S/C17H32O3SSi2/c1-22(2,3)20-23(4,5)11-9-7-6-8-10-15-12-18-16-13-21-14-17(16)19-15/h13-15H,6-12H2,1-5H3. The first-order valence-electron chi connectivity index (χ1n) is 8.81. The Morgan fingerprint density at radius 3 is 2.48 bits per heavy atom. The lowest BCUT2D eigenvalue weighted by Gasteiger charge is -2.31. The van der Waals surface area contributed by atoms with E-state index in [1.165, 1.54) is 31.7 Å². The molecule has 0 N–H and O–H groups in total. The van der Waals surface area contributed by atoms with Gasteiger partial charge in [0.1, 0.15) is 12.7 Å². The van der Waals surface area contributed by atoms with Crippen molar-refractivity contribution in [2.24, 2.45) is 0 Å². The van der Waals surface area contributed by atoms with Gasteiger partial charge in [-0.3, -0.25) is 0 Å². The van der Waals surface area contributed by atoms with E-state index >= 15 is 0 Å². The summed E-state index contributed by atoms with van der Waals surface area (Å²) < 4.78 is 18.1. The highest BCUT2D eigenvalue weighted by Gasteiger charge is 2.28. The van der Waals surface area contributed by atoms with Crippen LogP contribution < -0.4 is 9.47 Å². The summed E-state index contributed by atoms with van der Waals surface area (Å²) in [6, 6.07) is 1.29. The lowest BCUT2D eigenvalue weighted by molar-refractivity contribution is 0.0842. The lowest BCUT2D eigenvalue weighted by atomic mass is 10.1. The van der Waals surface area contributed by atoms with Crippen LogP contribution in [0.3, 0.4) is 0 Å². The molecule has 1 unspecified atom stereocenters. The van der Waals surface area contributed by atoms with Gasteiger partial charge in [-0.1, -0.05) is 19.3 Å². The molecule has 132 valence electrons. The van der Waals surface area contributed by atoms with Crippen LogP contribution in [0.4, 0.5) is 0 Å². The van der Waals surface area contributed by atoms with Gasteiger partial charge in [-0.05, 0) is 51.6 Å². The van der Waals surface area contributed by atoms with E-state index in [2.05, 4.69) is 32.7 Å². The third-order valence-electron chi connectivity index (χ3n) is 3.95. The van der Waals surface area contributed by atoms with E-state index < -0.39 is 16.6 Å². The van der Waals surface area contributed by atoms with Crippen molar-refractivity contribution in [2.75, 3.05) is 6.61 Å². The third kappa shape index (κ3) is 6.99. The fourth-order valence-electron chi connectivity index (χ4n) is 3.16. The van der Waals surface area contributed by atoms with Gasteiger partial charge in [0.2, 0.25) is 0 Å². The second kappa shape index (κ2) is 8.18. The summed E-state index contributed by atoms with van der Waals surface area (Å²) in [6.45, 7) is 12.3. The minimum absolute atomic E-state index is 0.234. The van der Waals surface area contributed by atoms with Gasteiger partial charge in [0.05, 0.1) is 0 Å². The van der Waals surface area contributed by atoms with E-state index in [9.17, 15) is 0 Å². The van der Waals surface area contributed by atoms with Crippen LogP contribution in [-0.2, 0) is 4.12 Å². The molecule has 2 heterocycles. The van der Waals surface area contributed by atoms with Gasteiger partial charge >= 0.3 is 0 Å². The highest BCUT2D eigenvalue weighted by Crippen LogP contribution is 2.36. The Morgan fingerprint density at radius 1 is 1.04 bits per heavy atom. The first-order chi connectivity index (χ1) is 10.8. The second-order valence-electron chi connectivity index (χ2n) is 8.08. The molecule has 6 heteroatoms. The summed E-state index contributed by atoms with van der Waals surface area (Å²) in [7, 11) is -2.83. The Kier molecular flexibility index (Phi) is 6.77. The smallest absolute Gasteiger partial charge is 0.173 e. The summed E-state index contributed by atoms with van der Waals surface area (Å²) in [5, 5.41) is 4.05. The van der Waals surface area contributed by atoms with E-state index in [0.29, 0.717) is 6.61 Å². The number of hydrogen-bond donors (Lipinski definition) is 0. The van der Waals surface area contributed by atoms with Crippen molar-refractivity contribution in [3.63, 3.8) is 0 Å². The molecular weight excluding hydrogens is 340 g/mol. The average Bonchev–Trinajstić information content (AvgIpc) is 2.87. The van der Waals surface area contributed by atoms with Crippen molar-refractivity contribution < 1.29 is 13.6 Å². The van der Waals surface area contributed by atoms with Crippen molar-refractivity contribution in [3.8, 4) is 11.5 Å². The van der Waals surface area contributed by atoms with Gasteiger partial charge < -0.3 is 13.6 Å². The molecule has 0 bridgehead atoms. The van der Waals surface area contributed by atoms with E-state index in [0.717, 1.165) is 17.9 Å². The first kappa shape index (κ1) is 19.0. The second-order valence-corrected chi connectivity index (χ2v) is 17.9. The van der Waals surface area contributed by atoms with Crippen LogP contribution >= 0.6 is 11.3 Å². The molecule has 1 aliphatic rings. The molecule has 0 radical (unpaired) electrons. The number of fused-ring (bicyclic) bond motifs is 1. The molecule has 0 spiro atoms. The Labute approximate surface area is 147 Å². The van der Waals surface area contributed by atoms with E-state index in [4.69, 9.17) is 13.6 Å². The normalized spacial score (nSPS) is 18.2. The Balaban J connectivity index is 1.55. The number of thiophene rings is 1. The van der Waals surface area contributed by atoms with Crippen LogP contribution in [0.15, 0.2) is 10.8 Å². The van der Waals surface area contributed by atoms with E-state index in [1.54, 1.807) is 11.3 Å². The Hall–Kier alpha value is -0.306. The molecule has 0 saturated heterocycles. The Morgan fingerprint density at radius 2 is 1.74 bits per heavy atom. The van der Waals surface area contributed by atoms with Gasteiger partial charge in [-0.2, -0.15) is 0 Å². The zero-order valence-electron chi connectivity index (χ0n) is 15.3. The van der Waals surface area contributed by atoms with E-state index in [1.807, 2.05) is 10.8 Å². The van der Waals surface area contributed by atoms with Gasteiger partial charge in [0.25, 0.3) is 0 Å². The van der Waals surface area contributed by atoms with Crippen LogP contribution in [0.5, 0.6) is 11.5 Å². The summed E-state index contributed by atoms with van der Waals surface area (Å²) in [5.41, 5.74) is 0. The molecule has 1 aromatic rings. The van der Waals surface area contributed by atoms with Crippen molar-refractivity contribution in [1.29, 1.82) is 0 Å². The highest BCUT2D eigenvalue weighted by atomic mass is 32.1. The minimum atomic E-state index is -1.44. The monoisotopic (exact) mass is 372 g/mol. The van der Waals surface area contributed by atoms with Crippen molar-refractivity contribution >= 4 is 28.0 Å². The lowest BCUT2D eigenvalue weighted by Crippen LogP contribution is -2.42. The zero-order valence-corrected chi connectivity index (χ0v) is 18.1. The van der Waals surface area contributed by atoms with Crippen LogP contribution in [0.25, 0.3) is 0 Å². The molecular formula is C17H32O3SSi2. The molecule has 0 fully saturated rings. The van der Waals surface area contributed by atoms with Gasteiger partial charge in [0.15, 0.2) is 28.1 Å². The summed E-state index contributed by atoms with van der Waals surface area (Å²) in [6.07, 6.45) is 6.46. The maximum atomic E-state index is 6.39. The molecule has 3 nitrogen and oxygen atoms in total. The SMILES string of the molecule is C[Si](C)(C)O[Si](C)(C)CCCCCCC1COc2cscc2O1. The van der Waals surface area contributed by atoms with Crippen LogP contribution in [-0.4, -0.2) is 29.3 Å². The molecule has 0 aliphatic carbocycles. The largest absolute Gasteiger partial charge is 0.485 e. The van der Waals surface area contributed by atoms with Gasteiger partial charge in [-0.25, -0.2) is 0 Å². The third-order valence-corrected chi connectivity index (χ3v) is 10.9. The first-order valence-corrected chi connectivity index (χ1v) is 16.3. The average molecular weight is 373 g/mol. The molecule has 1 atom stereocenters. The van der Waals surface area contributed by atoms with Crippen LogP contribution in [0.2, 0.25) is 38.8 Å². The zero-order chi connectivity index (χ0) is 16.9. The van der Waals surface area contributed by atoms with E-state index in [-0.39, 0.29) is 6.10 Å².